The zero-order valence-corrected chi connectivity index (χ0v) is 11.2. The molecule has 0 aromatic heterocycles. The van der Waals surface area contributed by atoms with Gasteiger partial charge in [0.1, 0.15) is 0 Å². The molecule has 0 atom stereocenters. The average Bonchev–Trinajstić information content (AvgIpc) is 3.19. The Labute approximate surface area is 113 Å². The summed E-state index contributed by atoms with van der Waals surface area (Å²) >= 11 is 0. The number of nitrogen functional groups attached to an aromatic ring is 1. The van der Waals surface area contributed by atoms with Crippen LogP contribution < -0.4 is 16.4 Å². The molecule has 0 spiro atoms. The van der Waals surface area contributed by atoms with Gasteiger partial charge in [-0.05, 0) is 38.0 Å². The predicted molar refractivity (Wildman–Crippen MR) is 76.1 cm³/mol. The molecule has 5 N–H and O–H groups in total. The number of aliphatic hydroxyl groups is 1. The van der Waals surface area contributed by atoms with E-state index in [9.17, 15) is 9.90 Å². The number of nitrogens with two attached hydrogens (primary N) is 1. The number of anilines is 2. The Morgan fingerprint density at radius 1 is 1.47 bits per heavy atom. The minimum Gasteiger partial charge on any atom is -0.397 e. The smallest absolute Gasteiger partial charge is 0.251 e. The van der Waals surface area contributed by atoms with Gasteiger partial charge in [-0.2, -0.15) is 0 Å². The maximum Gasteiger partial charge on any atom is 0.251 e. The first-order valence-electron chi connectivity index (χ1n) is 6.63. The van der Waals surface area contributed by atoms with Crippen LogP contribution >= 0.6 is 0 Å². The summed E-state index contributed by atoms with van der Waals surface area (Å²) in [5.74, 6) is -0.103. The van der Waals surface area contributed by atoms with Gasteiger partial charge in [-0.3, -0.25) is 4.79 Å². The minimum atomic E-state index is -0.103. The van der Waals surface area contributed by atoms with Crippen molar-refractivity contribution in [1.29, 1.82) is 0 Å². The van der Waals surface area contributed by atoms with Gasteiger partial charge in [-0.25, -0.2) is 0 Å². The van der Waals surface area contributed by atoms with Crippen LogP contribution in [0.2, 0.25) is 0 Å². The number of carbonyl (C=O) groups is 1. The normalized spacial score (nSPS) is 15.9. The highest BCUT2D eigenvalue weighted by molar-refractivity contribution is 5.96. The van der Waals surface area contributed by atoms with E-state index in [0.29, 0.717) is 24.3 Å². The van der Waals surface area contributed by atoms with Gasteiger partial charge in [0.2, 0.25) is 0 Å². The fourth-order valence-corrected chi connectivity index (χ4v) is 1.96. The first kappa shape index (κ1) is 13.7. The third kappa shape index (κ3) is 3.17. The summed E-state index contributed by atoms with van der Waals surface area (Å²) in [4.78, 5) is 11.8. The van der Waals surface area contributed by atoms with E-state index >= 15 is 0 Å². The summed E-state index contributed by atoms with van der Waals surface area (Å²) in [6.45, 7) is 3.36. The Kier molecular flexibility index (Phi) is 3.95. The van der Waals surface area contributed by atoms with Crippen molar-refractivity contribution in [3.8, 4) is 0 Å². The molecule has 5 heteroatoms. The van der Waals surface area contributed by atoms with E-state index in [2.05, 4.69) is 10.6 Å². The van der Waals surface area contributed by atoms with Crippen molar-refractivity contribution < 1.29 is 9.90 Å². The maximum absolute atomic E-state index is 11.8. The highest BCUT2D eigenvalue weighted by Crippen LogP contribution is 2.45. The van der Waals surface area contributed by atoms with E-state index in [1.54, 1.807) is 18.2 Å². The SMILES string of the molecule is CCNC(=O)c1ccc(N)c(NCC2(CO)CC2)c1. The van der Waals surface area contributed by atoms with Gasteiger partial charge in [-0.1, -0.05) is 0 Å². The summed E-state index contributed by atoms with van der Waals surface area (Å²) in [5, 5.41) is 15.3. The molecular weight excluding hydrogens is 242 g/mol. The second-order valence-electron chi connectivity index (χ2n) is 5.17. The number of amides is 1. The molecule has 0 bridgehead atoms. The summed E-state index contributed by atoms with van der Waals surface area (Å²) in [6, 6.07) is 5.20. The van der Waals surface area contributed by atoms with Crippen molar-refractivity contribution in [3.05, 3.63) is 23.8 Å². The molecule has 0 heterocycles. The number of nitrogens with one attached hydrogen (secondary N) is 2. The van der Waals surface area contributed by atoms with Gasteiger partial charge >= 0.3 is 0 Å². The summed E-state index contributed by atoms with van der Waals surface area (Å²) < 4.78 is 0. The molecular formula is C14H21N3O2. The molecule has 0 aliphatic heterocycles. The lowest BCUT2D eigenvalue weighted by Gasteiger charge is -2.16. The molecule has 2 rings (SSSR count). The molecule has 1 fully saturated rings. The van der Waals surface area contributed by atoms with Crippen molar-refractivity contribution >= 4 is 17.3 Å². The van der Waals surface area contributed by atoms with Crippen LogP contribution in [0.1, 0.15) is 30.1 Å². The van der Waals surface area contributed by atoms with Crippen LogP contribution in [0.5, 0.6) is 0 Å². The van der Waals surface area contributed by atoms with Gasteiger partial charge in [-0.15, -0.1) is 0 Å². The van der Waals surface area contributed by atoms with Gasteiger partial charge in [0, 0.05) is 24.1 Å². The molecule has 0 unspecified atom stereocenters. The van der Waals surface area contributed by atoms with Gasteiger partial charge in [0.05, 0.1) is 18.0 Å². The quantitative estimate of drug-likeness (QED) is 0.581. The van der Waals surface area contributed by atoms with Gasteiger partial charge < -0.3 is 21.5 Å². The molecule has 1 aliphatic rings. The van der Waals surface area contributed by atoms with Crippen molar-refractivity contribution in [1.82, 2.24) is 5.32 Å². The standard InChI is InChI=1S/C14H21N3O2/c1-2-16-13(19)10-3-4-11(15)12(7-10)17-8-14(9-18)5-6-14/h3-4,7,17-18H,2,5-6,8-9,15H2,1H3,(H,16,19). The maximum atomic E-state index is 11.8. The van der Waals surface area contributed by atoms with Crippen LogP contribution in [0.15, 0.2) is 18.2 Å². The lowest BCUT2D eigenvalue weighted by Crippen LogP contribution is -2.23. The van der Waals surface area contributed by atoms with Crippen molar-refractivity contribution in [2.24, 2.45) is 5.41 Å². The number of carbonyl (C=O) groups excluding carboxylic acids is 1. The average molecular weight is 263 g/mol. The predicted octanol–water partition coefficient (Wildman–Crippen LogP) is 1.20. The molecule has 1 amide bonds. The highest BCUT2D eigenvalue weighted by atomic mass is 16.3. The summed E-state index contributed by atoms with van der Waals surface area (Å²) in [7, 11) is 0. The van der Waals surface area contributed by atoms with E-state index in [1.165, 1.54) is 0 Å². The number of hydrogen-bond acceptors (Lipinski definition) is 4. The van der Waals surface area contributed by atoms with E-state index < -0.39 is 0 Å². The number of aliphatic hydroxyl groups excluding tert-OH is 1. The second-order valence-corrected chi connectivity index (χ2v) is 5.17. The zero-order chi connectivity index (χ0) is 13.9. The van der Waals surface area contributed by atoms with Gasteiger partial charge in [0.25, 0.3) is 5.91 Å². The summed E-state index contributed by atoms with van der Waals surface area (Å²) in [6.07, 6.45) is 2.07. The zero-order valence-electron chi connectivity index (χ0n) is 11.2. The van der Waals surface area contributed by atoms with Crippen LogP contribution in [-0.2, 0) is 0 Å². The monoisotopic (exact) mass is 263 g/mol. The third-order valence-electron chi connectivity index (χ3n) is 3.60. The van der Waals surface area contributed by atoms with E-state index in [-0.39, 0.29) is 17.9 Å². The molecule has 104 valence electrons. The van der Waals surface area contributed by atoms with Gasteiger partial charge in [0.15, 0.2) is 0 Å². The van der Waals surface area contributed by atoms with Crippen LogP contribution in [0.3, 0.4) is 0 Å². The van der Waals surface area contributed by atoms with E-state index in [4.69, 9.17) is 5.73 Å². The van der Waals surface area contributed by atoms with Crippen molar-refractivity contribution in [3.63, 3.8) is 0 Å². The Morgan fingerprint density at radius 3 is 2.79 bits per heavy atom. The Morgan fingerprint density at radius 2 is 2.21 bits per heavy atom. The Bertz CT molecular complexity index is 470. The molecule has 5 nitrogen and oxygen atoms in total. The Balaban J connectivity index is 2.06. The molecule has 1 saturated carbocycles. The highest BCUT2D eigenvalue weighted by Gasteiger charge is 2.41. The number of rotatable bonds is 6. The number of benzene rings is 1. The van der Waals surface area contributed by atoms with Crippen LogP contribution in [0.25, 0.3) is 0 Å². The van der Waals surface area contributed by atoms with E-state index in [1.807, 2.05) is 6.92 Å². The summed E-state index contributed by atoms with van der Waals surface area (Å²) in [5.41, 5.74) is 7.86. The Hall–Kier alpha value is -1.75. The van der Waals surface area contributed by atoms with Crippen molar-refractivity contribution in [2.75, 3.05) is 30.7 Å². The van der Waals surface area contributed by atoms with E-state index in [0.717, 1.165) is 18.5 Å². The van der Waals surface area contributed by atoms with Crippen molar-refractivity contribution in [2.45, 2.75) is 19.8 Å². The van der Waals surface area contributed by atoms with Crippen LogP contribution in [0.4, 0.5) is 11.4 Å². The largest absolute Gasteiger partial charge is 0.397 e. The molecule has 1 aromatic carbocycles. The topological polar surface area (TPSA) is 87.4 Å². The lowest BCUT2D eigenvalue weighted by atomic mass is 10.1. The molecule has 1 aromatic rings. The molecule has 19 heavy (non-hydrogen) atoms. The lowest BCUT2D eigenvalue weighted by molar-refractivity contribution is 0.0956. The van der Waals surface area contributed by atoms with Crippen LogP contribution in [0, 0.1) is 5.41 Å². The first-order chi connectivity index (χ1) is 9.10. The fraction of sp³-hybridized carbons (Fsp3) is 0.500. The molecule has 0 saturated heterocycles. The molecule has 0 radical (unpaired) electrons. The first-order valence-corrected chi connectivity index (χ1v) is 6.63. The van der Waals surface area contributed by atoms with Crippen LogP contribution in [-0.4, -0.2) is 30.7 Å². The fourth-order valence-electron chi connectivity index (χ4n) is 1.96. The molecule has 1 aliphatic carbocycles. The number of hydrogen-bond donors (Lipinski definition) is 4. The second kappa shape index (κ2) is 5.48. The third-order valence-corrected chi connectivity index (χ3v) is 3.60. The minimum absolute atomic E-state index is 0.00806.